The first-order valence-electron chi connectivity index (χ1n) is 10.5. The topological polar surface area (TPSA) is 91.3 Å². The Morgan fingerprint density at radius 2 is 1.88 bits per heavy atom. The van der Waals surface area contributed by atoms with Gasteiger partial charge in [-0.3, -0.25) is 19.8 Å². The Kier molecular flexibility index (Phi) is 4.95. The number of benzene rings is 3. The Hall–Kier alpha value is -3.97. The molecule has 0 aliphatic carbocycles. The molecule has 5 rings (SSSR count). The van der Waals surface area contributed by atoms with Gasteiger partial charge in [0.2, 0.25) is 0 Å². The minimum atomic E-state index is -0.509. The van der Waals surface area contributed by atoms with Crippen LogP contribution < -0.4 is 5.32 Å². The van der Waals surface area contributed by atoms with E-state index in [0.29, 0.717) is 5.69 Å². The molecule has 1 atom stereocenters. The van der Waals surface area contributed by atoms with Gasteiger partial charge in [-0.25, -0.2) is 0 Å². The maximum atomic E-state index is 12.5. The van der Waals surface area contributed by atoms with Crippen LogP contribution in [-0.2, 0) is 6.42 Å². The molecule has 4 aromatic rings. The summed E-state index contributed by atoms with van der Waals surface area (Å²) in [5.74, 6) is -0.380. The molecule has 1 unspecified atom stereocenters. The lowest BCUT2D eigenvalue weighted by Crippen LogP contribution is -2.32. The molecule has 32 heavy (non-hydrogen) atoms. The SMILES string of the molecule is CN1CCc2c([nH]c3ccccc23)C1c1ccc(NC(=O)c2cccc([N+](=O)[O-])c2)cc1. The molecule has 0 spiro atoms. The summed E-state index contributed by atoms with van der Waals surface area (Å²) in [6, 6.07) is 22.0. The third-order valence-electron chi connectivity index (χ3n) is 6.08. The summed E-state index contributed by atoms with van der Waals surface area (Å²) >= 11 is 0. The van der Waals surface area contributed by atoms with Crippen LogP contribution in [0.25, 0.3) is 10.9 Å². The Labute approximate surface area is 184 Å². The summed E-state index contributed by atoms with van der Waals surface area (Å²) in [5.41, 5.74) is 5.65. The molecule has 1 aromatic heterocycles. The number of aromatic nitrogens is 1. The Morgan fingerprint density at radius 1 is 1.09 bits per heavy atom. The van der Waals surface area contributed by atoms with Gasteiger partial charge < -0.3 is 10.3 Å². The van der Waals surface area contributed by atoms with E-state index in [1.807, 2.05) is 30.3 Å². The Bertz CT molecular complexity index is 1330. The lowest BCUT2D eigenvalue weighted by atomic mass is 9.93. The van der Waals surface area contributed by atoms with Crippen molar-refractivity contribution in [2.75, 3.05) is 18.9 Å². The second-order valence-electron chi connectivity index (χ2n) is 8.08. The third-order valence-corrected chi connectivity index (χ3v) is 6.08. The van der Waals surface area contributed by atoms with Crippen LogP contribution in [0.15, 0.2) is 72.8 Å². The fourth-order valence-electron chi connectivity index (χ4n) is 4.50. The van der Waals surface area contributed by atoms with Gasteiger partial charge >= 0.3 is 0 Å². The number of hydrogen-bond acceptors (Lipinski definition) is 4. The van der Waals surface area contributed by atoms with E-state index in [1.165, 1.54) is 34.8 Å². The number of H-pyrrole nitrogens is 1. The summed E-state index contributed by atoms with van der Waals surface area (Å²) in [7, 11) is 2.12. The van der Waals surface area contributed by atoms with Crippen LogP contribution in [0, 0.1) is 10.1 Å². The maximum absolute atomic E-state index is 12.5. The highest BCUT2D eigenvalue weighted by Crippen LogP contribution is 2.37. The highest BCUT2D eigenvalue weighted by Gasteiger charge is 2.29. The zero-order chi connectivity index (χ0) is 22.2. The number of rotatable bonds is 4. The molecule has 7 heteroatoms. The number of non-ortho nitro benzene ring substituents is 1. The second-order valence-corrected chi connectivity index (χ2v) is 8.08. The fourth-order valence-corrected chi connectivity index (χ4v) is 4.50. The maximum Gasteiger partial charge on any atom is 0.270 e. The number of carbonyl (C=O) groups excluding carboxylic acids is 1. The normalized spacial score (nSPS) is 16.0. The van der Waals surface area contributed by atoms with Crippen LogP contribution >= 0.6 is 0 Å². The van der Waals surface area contributed by atoms with Crippen molar-refractivity contribution in [1.29, 1.82) is 0 Å². The molecule has 2 N–H and O–H groups in total. The van der Waals surface area contributed by atoms with Gasteiger partial charge in [0.05, 0.1) is 11.0 Å². The number of aromatic amines is 1. The molecule has 160 valence electrons. The van der Waals surface area contributed by atoms with Crippen LogP contribution in [0.2, 0.25) is 0 Å². The van der Waals surface area contributed by atoms with E-state index in [0.717, 1.165) is 24.0 Å². The minimum absolute atomic E-state index is 0.104. The van der Waals surface area contributed by atoms with Gasteiger partial charge in [0.15, 0.2) is 0 Å². The number of nitro benzene ring substituents is 1. The molecule has 3 aromatic carbocycles. The van der Waals surface area contributed by atoms with E-state index < -0.39 is 4.92 Å². The number of anilines is 1. The lowest BCUT2D eigenvalue weighted by molar-refractivity contribution is -0.384. The molecule has 0 saturated carbocycles. The van der Waals surface area contributed by atoms with Gasteiger partial charge in [-0.05, 0) is 48.9 Å². The van der Waals surface area contributed by atoms with E-state index in [1.54, 1.807) is 6.07 Å². The van der Waals surface area contributed by atoms with Crippen LogP contribution in [0.3, 0.4) is 0 Å². The van der Waals surface area contributed by atoms with Crippen molar-refractivity contribution in [1.82, 2.24) is 9.88 Å². The van der Waals surface area contributed by atoms with Gasteiger partial charge in [-0.2, -0.15) is 0 Å². The first kappa shape index (κ1) is 20.0. The number of carbonyl (C=O) groups is 1. The van der Waals surface area contributed by atoms with Crippen LogP contribution in [0.5, 0.6) is 0 Å². The highest BCUT2D eigenvalue weighted by atomic mass is 16.6. The molecular formula is C25H22N4O3. The zero-order valence-corrected chi connectivity index (χ0v) is 17.5. The van der Waals surface area contributed by atoms with E-state index in [2.05, 4.69) is 40.4 Å². The number of fused-ring (bicyclic) bond motifs is 3. The predicted octanol–water partition coefficient (Wildman–Crippen LogP) is 4.91. The summed E-state index contributed by atoms with van der Waals surface area (Å²) < 4.78 is 0. The molecule has 1 aliphatic heterocycles. The summed E-state index contributed by atoms with van der Waals surface area (Å²) in [5, 5.41) is 15.1. The summed E-state index contributed by atoms with van der Waals surface area (Å²) in [4.78, 5) is 28.9. The second kappa shape index (κ2) is 7.94. The molecule has 0 radical (unpaired) electrons. The van der Waals surface area contributed by atoms with E-state index in [9.17, 15) is 14.9 Å². The number of para-hydroxylation sites is 1. The molecular weight excluding hydrogens is 404 g/mol. The van der Waals surface area contributed by atoms with Gasteiger partial charge in [-0.15, -0.1) is 0 Å². The van der Waals surface area contributed by atoms with E-state index in [-0.39, 0.29) is 23.2 Å². The quantitative estimate of drug-likeness (QED) is 0.358. The third kappa shape index (κ3) is 3.52. The largest absolute Gasteiger partial charge is 0.357 e. The van der Waals surface area contributed by atoms with Crippen molar-refractivity contribution in [2.45, 2.75) is 12.5 Å². The predicted molar refractivity (Wildman–Crippen MR) is 124 cm³/mol. The molecule has 7 nitrogen and oxygen atoms in total. The van der Waals surface area contributed by atoms with Crippen LogP contribution in [0.4, 0.5) is 11.4 Å². The van der Waals surface area contributed by atoms with Crippen LogP contribution in [0.1, 0.15) is 33.2 Å². The number of nitrogens with one attached hydrogen (secondary N) is 2. The Balaban J connectivity index is 1.40. The number of hydrogen-bond donors (Lipinski definition) is 2. The summed E-state index contributed by atoms with van der Waals surface area (Å²) in [6.45, 7) is 0.963. The molecule has 0 bridgehead atoms. The number of likely N-dealkylation sites (N-methyl/N-ethyl adjacent to an activating group) is 1. The average Bonchev–Trinajstić information content (AvgIpc) is 3.18. The summed E-state index contributed by atoms with van der Waals surface area (Å²) in [6.07, 6.45) is 1.00. The molecule has 2 heterocycles. The average molecular weight is 426 g/mol. The van der Waals surface area contributed by atoms with Crippen LogP contribution in [-0.4, -0.2) is 34.3 Å². The number of amides is 1. The van der Waals surface area contributed by atoms with Crippen molar-refractivity contribution in [3.8, 4) is 0 Å². The van der Waals surface area contributed by atoms with Gasteiger partial charge in [0.1, 0.15) is 0 Å². The van der Waals surface area contributed by atoms with Crippen molar-refractivity contribution in [2.24, 2.45) is 0 Å². The number of nitrogens with zero attached hydrogens (tertiary/aromatic N) is 2. The molecule has 0 saturated heterocycles. The van der Waals surface area contributed by atoms with Gasteiger partial charge in [-0.1, -0.05) is 36.4 Å². The lowest BCUT2D eigenvalue weighted by Gasteiger charge is -2.33. The highest BCUT2D eigenvalue weighted by molar-refractivity contribution is 6.04. The van der Waals surface area contributed by atoms with Crippen molar-refractivity contribution < 1.29 is 9.72 Å². The van der Waals surface area contributed by atoms with Crippen molar-refractivity contribution in [3.63, 3.8) is 0 Å². The Morgan fingerprint density at radius 3 is 2.66 bits per heavy atom. The van der Waals surface area contributed by atoms with E-state index in [4.69, 9.17) is 0 Å². The minimum Gasteiger partial charge on any atom is -0.357 e. The first-order valence-corrected chi connectivity index (χ1v) is 10.5. The first-order chi connectivity index (χ1) is 15.5. The van der Waals surface area contributed by atoms with Crippen molar-refractivity contribution in [3.05, 3.63) is 105 Å². The molecule has 1 aliphatic rings. The van der Waals surface area contributed by atoms with Gasteiger partial charge in [0.25, 0.3) is 11.6 Å². The fraction of sp³-hybridized carbons (Fsp3) is 0.160. The van der Waals surface area contributed by atoms with E-state index >= 15 is 0 Å². The standard InChI is InChI=1S/C25H22N4O3/c1-28-14-13-21-20-7-2-3-8-22(20)27-23(21)24(28)16-9-11-18(12-10-16)26-25(30)17-5-4-6-19(15-17)29(31)32/h2-12,15,24,27H,13-14H2,1H3,(H,26,30). The monoisotopic (exact) mass is 426 g/mol. The van der Waals surface area contributed by atoms with Gasteiger partial charge in [0, 0.05) is 46.5 Å². The molecule has 0 fully saturated rings. The zero-order valence-electron chi connectivity index (χ0n) is 17.5. The molecule has 1 amide bonds. The van der Waals surface area contributed by atoms with Crippen molar-refractivity contribution >= 4 is 28.2 Å². The smallest absolute Gasteiger partial charge is 0.270 e. The number of nitro groups is 1.